The highest BCUT2D eigenvalue weighted by Crippen LogP contribution is 2.33. The lowest BCUT2D eigenvalue weighted by Gasteiger charge is -2.38. The smallest absolute Gasteiger partial charge is 0.266 e. The van der Waals surface area contributed by atoms with Gasteiger partial charge in [-0.05, 0) is 50.2 Å². The predicted octanol–water partition coefficient (Wildman–Crippen LogP) is 2.80. The Morgan fingerprint density at radius 2 is 1.59 bits per heavy atom. The number of fused-ring (bicyclic) bond motifs is 1. The molecular formula is C22H25ClN2O6S. The van der Waals surface area contributed by atoms with Crippen LogP contribution >= 0.6 is 11.6 Å². The molecule has 0 spiro atoms. The van der Waals surface area contributed by atoms with Crippen molar-refractivity contribution >= 4 is 27.5 Å². The first-order valence-corrected chi connectivity index (χ1v) is 12.1. The summed E-state index contributed by atoms with van der Waals surface area (Å²) >= 11 is 5.90. The third kappa shape index (κ3) is 4.65. The largest absolute Gasteiger partial charge is 0.486 e. The van der Waals surface area contributed by atoms with E-state index in [0.29, 0.717) is 35.5 Å². The molecule has 2 aromatic carbocycles. The highest BCUT2D eigenvalue weighted by atomic mass is 35.5. The van der Waals surface area contributed by atoms with Crippen LogP contribution in [0.1, 0.15) is 13.8 Å². The van der Waals surface area contributed by atoms with E-state index < -0.39 is 15.6 Å². The van der Waals surface area contributed by atoms with Crippen LogP contribution in [0, 0.1) is 0 Å². The molecule has 2 heterocycles. The number of sulfonamides is 1. The van der Waals surface area contributed by atoms with Gasteiger partial charge in [0.25, 0.3) is 5.91 Å². The van der Waals surface area contributed by atoms with Crippen LogP contribution in [-0.4, -0.2) is 68.5 Å². The number of benzene rings is 2. The standard InChI is InChI=1S/C22H25ClN2O6S/c1-22(2,31-17-5-3-16(23)4-6-17)21(26)24-9-11-25(12-10-24)32(27,28)18-7-8-19-20(15-18)30-14-13-29-19/h3-8,15H,9-14H2,1-2H3. The van der Waals surface area contributed by atoms with E-state index in [2.05, 4.69) is 0 Å². The van der Waals surface area contributed by atoms with Crippen molar-refractivity contribution in [2.24, 2.45) is 0 Å². The molecule has 0 unspecified atom stereocenters. The van der Waals surface area contributed by atoms with Crippen molar-refractivity contribution in [2.45, 2.75) is 24.3 Å². The van der Waals surface area contributed by atoms with Crippen molar-refractivity contribution in [1.82, 2.24) is 9.21 Å². The molecule has 32 heavy (non-hydrogen) atoms. The highest BCUT2D eigenvalue weighted by Gasteiger charge is 2.38. The Morgan fingerprint density at radius 1 is 0.969 bits per heavy atom. The van der Waals surface area contributed by atoms with E-state index in [0.717, 1.165) is 0 Å². The third-order valence-electron chi connectivity index (χ3n) is 5.38. The van der Waals surface area contributed by atoms with Gasteiger partial charge in [-0.15, -0.1) is 0 Å². The molecular weight excluding hydrogens is 456 g/mol. The van der Waals surface area contributed by atoms with E-state index >= 15 is 0 Å². The summed E-state index contributed by atoms with van der Waals surface area (Å²) in [7, 11) is -3.72. The molecule has 2 aliphatic heterocycles. The number of rotatable bonds is 5. The van der Waals surface area contributed by atoms with Gasteiger partial charge in [-0.2, -0.15) is 4.31 Å². The Morgan fingerprint density at radius 3 is 2.25 bits per heavy atom. The highest BCUT2D eigenvalue weighted by molar-refractivity contribution is 7.89. The zero-order valence-corrected chi connectivity index (χ0v) is 19.5. The van der Waals surface area contributed by atoms with E-state index in [9.17, 15) is 13.2 Å². The predicted molar refractivity (Wildman–Crippen MR) is 119 cm³/mol. The second kappa shape index (κ2) is 8.80. The molecule has 1 saturated heterocycles. The topological polar surface area (TPSA) is 85.4 Å². The fourth-order valence-corrected chi connectivity index (χ4v) is 5.25. The van der Waals surface area contributed by atoms with Crippen LogP contribution in [0.25, 0.3) is 0 Å². The van der Waals surface area contributed by atoms with Crippen LogP contribution in [0.15, 0.2) is 47.4 Å². The van der Waals surface area contributed by atoms with Gasteiger partial charge in [-0.25, -0.2) is 8.42 Å². The van der Waals surface area contributed by atoms with Crippen LogP contribution in [-0.2, 0) is 14.8 Å². The lowest BCUT2D eigenvalue weighted by Crippen LogP contribution is -2.56. The van der Waals surface area contributed by atoms with E-state index in [1.54, 1.807) is 49.1 Å². The zero-order valence-electron chi connectivity index (χ0n) is 17.9. The Bertz CT molecular complexity index is 1100. The molecule has 1 fully saturated rings. The third-order valence-corrected chi connectivity index (χ3v) is 7.53. The number of amides is 1. The number of hydrogen-bond donors (Lipinski definition) is 0. The number of nitrogens with zero attached hydrogens (tertiary/aromatic N) is 2. The van der Waals surface area contributed by atoms with Crippen molar-refractivity contribution < 1.29 is 27.4 Å². The number of carbonyl (C=O) groups is 1. The van der Waals surface area contributed by atoms with E-state index in [1.165, 1.54) is 16.4 Å². The Labute approximate surface area is 192 Å². The van der Waals surface area contributed by atoms with Gasteiger partial charge in [0, 0.05) is 37.3 Å². The quantitative estimate of drug-likeness (QED) is 0.654. The average molecular weight is 481 g/mol. The summed E-state index contributed by atoms with van der Waals surface area (Å²) < 4.78 is 44.4. The van der Waals surface area contributed by atoms with E-state index in [4.69, 9.17) is 25.8 Å². The van der Waals surface area contributed by atoms with Gasteiger partial charge in [-0.3, -0.25) is 4.79 Å². The van der Waals surface area contributed by atoms with Crippen molar-refractivity contribution in [3.63, 3.8) is 0 Å². The normalized spacial score (nSPS) is 17.2. The molecule has 8 nitrogen and oxygen atoms in total. The molecule has 4 rings (SSSR count). The van der Waals surface area contributed by atoms with Crippen molar-refractivity contribution in [2.75, 3.05) is 39.4 Å². The van der Waals surface area contributed by atoms with E-state index in [1.807, 2.05) is 0 Å². The Hall–Kier alpha value is -2.49. The maximum absolute atomic E-state index is 13.1. The minimum atomic E-state index is -3.72. The second-order valence-electron chi connectivity index (χ2n) is 8.07. The van der Waals surface area contributed by atoms with Gasteiger partial charge < -0.3 is 19.1 Å². The van der Waals surface area contributed by atoms with Gasteiger partial charge in [0.2, 0.25) is 10.0 Å². The summed E-state index contributed by atoms with van der Waals surface area (Å²) in [6.07, 6.45) is 0. The molecule has 0 N–H and O–H groups in total. The molecule has 0 bridgehead atoms. The summed E-state index contributed by atoms with van der Waals surface area (Å²) in [4.78, 5) is 14.8. The summed E-state index contributed by atoms with van der Waals surface area (Å²) in [5, 5.41) is 0.580. The Balaban J connectivity index is 1.40. The van der Waals surface area contributed by atoms with Crippen LogP contribution in [0.4, 0.5) is 0 Å². The fraction of sp³-hybridized carbons (Fsp3) is 0.409. The van der Waals surface area contributed by atoms with Gasteiger partial charge in [0.1, 0.15) is 19.0 Å². The lowest BCUT2D eigenvalue weighted by molar-refractivity contribution is -0.146. The van der Waals surface area contributed by atoms with E-state index in [-0.39, 0.29) is 37.0 Å². The van der Waals surface area contributed by atoms with Crippen molar-refractivity contribution in [3.05, 3.63) is 47.5 Å². The minimum absolute atomic E-state index is 0.146. The summed E-state index contributed by atoms with van der Waals surface area (Å²) in [5.41, 5.74) is -1.11. The number of carbonyl (C=O) groups excluding carboxylic acids is 1. The van der Waals surface area contributed by atoms with Gasteiger partial charge in [0.05, 0.1) is 4.90 Å². The van der Waals surface area contributed by atoms with Crippen LogP contribution in [0.2, 0.25) is 5.02 Å². The van der Waals surface area contributed by atoms with Crippen LogP contribution < -0.4 is 14.2 Å². The zero-order chi connectivity index (χ0) is 22.9. The Kier molecular flexibility index (Phi) is 6.24. The summed E-state index contributed by atoms with van der Waals surface area (Å²) in [5.74, 6) is 1.29. The number of piperazine rings is 1. The van der Waals surface area contributed by atoms with Crippen molar-refractivity contribution in [3.8, 4) is 17.2 Å². The minimum Gasteiger partial charge on any atom is -0.486 e. The number of ether oxygens (including phenoxy) is 3. The first kappa shape index (κ1) is 22.7. The average Bonchev–Trinajstić information content (AvgIpc) is 2.79. The first-order valence-electron chi connectivity index (χ1n) is 10.3. The molecule has 0 aromatic heterocycles. The van der Waals surface area contributed by atoms with Gasteiger partial charge >= 0.3 is 0 Å². The maximum Gasteiger partial charge on any atom is 0.266 e. The SMILES string of the molecule is CC(C)(Oc1ccc(Cl)cc1)C(=O)N1CCN(S(=O)(=O)c2ccc3c(c2)OCCO3)CC1. The van der Waals surface area contributed by atoms with Crippen LogP contribution in [0.5, 0.6) is 17.2 Å². The molecule has 0 atom stereocenters. The summed E-state index contributed by atoms with van der Waals surface area (Å²) in [6, 6.07) is 11.4. The fourth-order valence-electron chi connectivity index (χ4n) is 3.69. The second-order valence-corrected chi connectivity index (χ2v) is 10.4. The first-order chi connectivity index (χ1) is 15.2. The molecule has 10 heteroatoms. The lowest BCUT2D eigenvalue weighted by atomic mass is 10.1. The molecule has 2 aliphatic rings. The number of halogens is 1. The number of hydrogen-bond acceptors (Lipinski definition) is 6. The van der Waals surface area contributed by atoms with Crippen LogP contribution in [0.3, 0.4) is 0 Å². The summed E-state index contributed by atoms with van der Waals surface area (Å²) in [6.45, 7) is 5.15. The molecule has 1 amide bonds. The maximum atomic E-state index is 13.1. The molecule has 172 valence electrons. The van der Waals surface area contributed by atoms with Gasteiger partial charge in [0.15, 0.2) is 17.1 Å². The molecule has 2 aromatic rings. The molecule has 0 aliphatic carbocycles. The molecule has 0 radical (unpaired) electrons. The van der Waals surface area contributed by atoms with Crippen molar-refractivity contribution in [1.29, 1.82) is 0 Å². The molecule has 0 saturated carbocycles. The monoisotopic (exact) mass is 480 g/mol. The van der Waals surface area contributed by atoms with Gasteiger partial charge in [-0.1, -0.05) is 11.6 Å².